The van der Waals surface area contributed by atoms with E-state index in [1.54, 1.807) is 0 Å². The molecule has 0 saturated carbocycles. The molecular formula is C8H19NO. The molecule has 1 N–H and O–H groups in total. The van der Waals surface area contributed by atoms with Crippen LogP contribution < -0.4 is 5.32 Å². The quantitative estimate of drug-likeness (QED) is 0.568. The Labute approximate surface area is 64.0 Å². The first-order chi connectivity index (χ1) is 4.77. The highest BCUT2D eigenvalue weighted by Gasteiger charge is 1.92. The Morgan fingerprint density at radius 2 is 2.00 bits per heavy atom. The number of rotatable bonds is 6. The van der Waals surface area contributed by atoms with Gasteiger partial charge in [0.2, 0.25) is 0 Å². The molecule has 0 aliphatic carbocycles. The Hall–Kier alpha value is -0.0800. The highest BCUT2D eigenvalue weighted by molar-refractivity contribution is 4.43. The second-order valence-corrected chi connectivity index (χ2v) is 2.90. The van der Waals surface area contributed by atoms with Crippen LogP contribution >= 0.6 is 0 Å². The first-order valence-corrected chi connectivity index (χ1v) is 3.99. The Balaban J connectivity index is 2.77. The third-order valence-electron chi connectivity index (χ3n) is 1.34. The summed E-state index contributed by atoms with van der Waals surface area (Å²) in [5.74, 6) is 0.759. The second kappa shape index (κ2) is 7.03. The molecule has 0 saturated heterocycles. The van der Waals surface area contributed by atoms with Crippen molar-refractivity contribution >= 4 is 0 Å². The number of ether oxygens (including phenoxy) is 1. The van der Waals surface area contributed by atoms with Crippen LogP contribution in [-0.2, 0) is 4.74 Å². The van der Waals surface area contributed by atoms with Gasteiger partial charge in [0, 0.05) is 13.2 Å². The molecule has 10 heavy (non-hydrogen) atoms. The molecule has 0 aliphatic rings. The summed E-state index contributed by atoms with van der Waals surface area (Å²) in [5.41, 5.74) is 0. The maximum Gasteiger partial charge on any atom is 0.0590 e. The molecular weight excluding hydrogens is 126 g/mol. The largest absolute Gasteiger partial charge is 0.380 e. The molecule has 2 nitrogen and oxygen atoms in total. The van der Waals surface area contributed by atoms with Crippen LogP contribution in [0.2, 0.25) is 0 Å². The van der Waals surface area contributed by atoms with E-state index in [0.717, 1.165) is 25.7 Å². The number of hydrogen-bond donors (Lipinski definition) is 1. The van der Waals surface area contributed by atoms with E-state index in [4.69, 9.17) is 4.74 Å². The van der Waals surface area contributed by atoms with Crippen LogP contribution in [0.25, 0.3) is 0 Å². The van der Waals surface area contributed by atoms with Gasteiger partial charge in [0.25, 0.3) is 0 Å². The third-order valence-corrected chi connectivity index (χ3v) is 1.34. The van der Waals surface area contributed by atoms with Gasteiger partial charge in [-0.05, 0) is 19.4 Å². The lowest BCUT2D eigenvalue weighted by Crippen LogP contribution is -2.14. The first kappa shape index (κ1) is 9.92. The predicted molar refractivity (Wildman–Crippen MR) is 44.2 cm³/mol. The molecule has 0 spiro atoms. The zero-order valence-corrected chi connectivity index (χ0v) is 7.31. The first-order valence-electron chi connectivity index (χ1n) is 3.99. The Morgan fingerprint density at radius 1 is 1.30 bits per heavy atom. The lowest BCUT2D eigenvalue weighted by atomic mass is 10.1. The molecule has 0 aromatic rings. The van der Waals surface area contributed by atoms with E-state index < -0.39 is 0 Å². The maximum atomic E-state index is 5.32. The Bertz CT molecular complexity index is 64.3. The minimum Gasteiger partial charge on any atom is -0.380 e. The van der Waals surface area contributed by atoms with Crippen molar-refractivity contribution in [2.75, 3.05) is 26.8 Å². The normalized spacial score (nSPS) is 10.8. The lowest BCUT2D eigenvalue weighted by Gasteiger charge is -2.05. The molecule has 0 unspecified atom stereocenters. The van der Waals surface area contributed by atoms with Crippen molar-refractivity contribution < 1.29 is 4.74 Å². The van der Waals surface area contributed by atoms with Crippen LogP contribution in [0.3, 0.4) is 0 Å². The standard InChI is InChI=1S/C8H19NO/c1-8(2)4-6-10-7-5-9-3/h8-9H,4-7H2,1-3H3. The zero-order valence-electron chi connectivity index (χ0n) is 7.31. The predicted octanol–water partition coefficient (Wildman–Crippen LogP) is 1.27. The van der Waals surface area contributed by atoms with Gasteiger partial charge in [0.05, 0.1) is 6.61 Å². The Kier molecular flexibility index (Phi) is 6.98. The molecule has 0 fully saturated rings. The summed E-state index contributed by atoms with van der Waals surface area (Å²) in [6.45, 7) is 7.11. The van der Waals surface area contributed by atoms with E-state index in [1.165, 1.54) is 6.42 Å². The van der Waals surface area contributed by atoms with Crippen LogP contribution in [-0.4, -0.2) is 26.8 Å². The topological polar surface area (TPSA) is 21.3 Å². The molecule has 0 amide bonds. The monoisotopic (exact) mass is 145 g/mol. The van der Waals surface area contributed by atoms with E-state index >= 15 is 0 Å². The zero-order chi connectivity index (χ0) is 7.82. The summed E-state index contributed by atoms with van der Waals surface area (Å²) in [7, 11) is 1.94. The van der Waals surface area contributed by atoms with Gasteiger partial charge >= 0.3 is 0 Å². The molecule has 0 aliphatic heterocycles. The van der Waals surface area contributed by atoms with Gasteiger partial charge in [-0.2, -0.15) is 0 Å². The maximum absolute atomic E-state index is 5.32. The van der Waals surface area contributed by atoms with Gasteiger partial charge in [0.1, 0.15) is 0 Å². The number of nitrogens with one attached hydrogen (secondary N) is 1. The highest BCUT2D eigenvalue weighted by Crippen LogP contribution is 1.97. The van der Waals surface area contributed by atoms with E-state index in [9.17, 15) is 0 Å². The molecule has 62 valence electrons. The molecule has 0 atom stereocenters. The smallest absolute Gasteiger partial charge is 0.0590 e. The van der Waals surface area contributed by atoms with Crippen LogP contribution in [0.5, 0.6) is 0 Å². The summed E-state index contributed by atoms with van der Waals surface area (Å²) in [5, 5.41) is 3.03. The summed E-state index contributed by atoms with van der Waals surface area (Å²) >= 11 is 0. The molecule has 0 heterocycles. The third kappa shape index (κ3) is 7.92. The summed E-state index contributed by atoms with van der Waals surface area (Å²) in [4.78, 5) is 0. The summed E-state index contributed by atoms with van der Waals surface area (Å²) < 4.78 is 5.32. The minimum atomic E-state index is 0.759. The fourth-order valence-corrected chi connectivity index (χ4v) is 0.595. The molecule has 0 rings (SSSR count). The molecule has 2 heteroatoms. The average Bonchev–Trinajstić information content (AvgIpc) is 1.87. The molecule has 0 aromatic heterocycles. The van der Waals surface area contributed by atoms with Crippen LogP contribution in [0.4, 0.5) is 0 Å². The van der Waals surface area contributed by atoms with Crippen LogP contribution in [0.1, 0.15) is 20.3 Å². The lowest BCUT2D eigenvalue weighted by molar-refractivity contribution is 0.126. The van der Waals surface area contributed by atoms with Gasteiger partial charge in [-0.15, -0.1) is 0 Å². The SMILES string of the molecule is CNCCOCCC(C)C. The van der Waals surface area contributed by atoms with Gasteiger partial charge in [-0.1, -0.05) is 13.8 Å². The minimum absolute atomic E-state index is 0.759. The molecule has 0 radical (unpaired) electrons. The van der Waals surface area contributed by atoms with E-state index in [1.807, 2.05) is 7.05 Å². The van der Waals surface area contributed by atoms with Gasteiger partial charge < -0.3 is 10.1 Å². The summed E-state index contributed by atoms with van der Waals surface area (Å²) in [6.07, 6.45) is 1.17. The average molecular weight is 145 g/mol. The fourth-order valence-electron chi connectivity index (χ4n) is 0.595. The van der Waals surface area contributed by atoms with Crippen molar-refractivity contribution in [3.63, 3.8) is 0 Å². The fraction of sp³-hybridized carbons (Fsp3) is 1.00. The van der Waals surface area contributed by atoms with Gasteiger partial charge in [0.15, 0.2) is 0 Å². The summed E-state index contributed by atoms with van der Waals surface area (Å²) in [6, 6.07) is 0. The van der Waals surface area contributed by atoms with E-state index in [2.05, 4.69) is 19.2 Å². The van der Waals surface area contributed by atoms with Crippen molar-refractivity contribution in [1.29, 1.82) is 0 Å². The molecule has 0 aromatic carbocycles. The van der Waals surface area contributed by atoms with Crippen molar-refractivity contribution in [2.45, 2.75) is 20.3 Å². The van der Waals surface area contributed by atoms with Gasteiger partial charge in [-0.3, -0.25) is 0 Å². The van der Waals surface area contributed by atoms with Crippen LogP contribution in [0.15, 0.2) is 0 Å². The number of hydrogen-bond acceptors (Lipinski definition) is 2. The second-order valence-electron chi connectivity index (χ2n) is 2.90. The number of likely N-dealkylation sites (N-methyl/N-ethyl adjacent to an activating group) is 1. The Morgan fingerprint density at radius 3 is 2.50 bits per heavy atom. The van der Waals surface area contributed by atoms with Crippen molar-refractivity contribution in [2.24, 2.45) is 5.92 Å². The highest BCUT2D eigenvalue weighted by atomic mass is 16.5. The van der Waals surface area contributed by atoms with Crippen molar-refractivity contribution in [3.8, 4) is 0 Å². The van der Waals surface area contributed by atoms with Crippen LogP contribution in [0, 0.1) is 5.92 Å². The van der Waals surface area contributed by atoms with E-state index in [0.29, 0.717) is 0 Å². The molecule has 0 bridgehead atoms. The van der Waals surface area contributed by atoms with E-state index in [-0.39, 0.29) is 0 Å². The van der Waals surface area contributed by atoms with Crippen molar-refractivity contribution in [1.82, 2.24) is 5.32 Å². The van der Waals surface area contributed by atoms with Gasteiger partial charge in [-0.25, -0.2) is 0 Å². The van der Waals surface area contributed by atoms with Crippen molar-refractivity contribution in [3.05, 3.63) is 0 Å².